The highest BCUT2D eigenvalue weighted by Gasteiger charge is 2.20. The summed E-state index contributed by atoms with van der Waals surface area (Å²) < 4.78 is 0. The summed E-state index contributed by atoms with van der Waals surface area (Å²) in [6.07, 6.45) is 0. The minimum Gasteiger partial charge on any atom is -0.329 e. The van der Waals surface area contributed by atoms with E-state index in [-0.39, 0.29) is 5.41 Å². The molecule has 0 saturated carbocycles. The molecule has 0 fully saturated rings. The van der Waals surface area contributed by atoms with E-state index in [0.29, 0.717) is 5.15 Å². The van der Waals surface area contributed by atoms with Gasteiger partial charge >= 0.3 is 0 Å². The second-order valence-electron chi connectivity index (χ2n) is 6.02. The average Bonchev–Trinajstić information content (AvgIpc) is 2.37. The van der Waals surface area contributed by atoms with Crippen LogP contribution in [-0.4, -0.2) is 17.0 Å². The van der Waals surface area contributed by atoms with E-state index in [0.717, 1.165) is 17.3 Å². The zero-order chi connectivity index (χ0) is 14.9. The molecule has 0 aliphatic heterocycles. The number of aryl methyl sites for hydroxylation is 1. The van der Waals surface area contributed by atoms with E-state index in [2.05, 4.69) is 61.9 Å². The van der Waals surface area contributed by atoms with Crippen LogP contribution in [0.15, 0.2) is 30.3 Å². The summed E-state index contributed by atoms with van der Waals surface area (Å²) in [7, 11) is 1.98. The largest absolute Gasteiger partial charge is 0.329 e. The SMILES string of the molecule is Cc1ccc(N(C)c2cc(Cl)nc(C(C)(C)C)n2)cc1. The van der Waals surface area contributed by atoms with Gasteiger partial charge in [-0.2, -0.15) is 0 Å². The Morgan fingerprint density at radius 2 is 1.65 bits per heavy atom. The molecule has 4 heteroatoms. The van der Waals surface area contributed by atoms with Gasteiger partial charge in [-0.25, -0.2) is 9.97 Å². The van der Waals surface area contributed by atoms with Gasteiger partial charge in [-0.05, 0) is 19.1 Å². The number of anilines is 2. The Labute approximate surface area is 125 Å². The molecule has 0 amide bonds. The van der Waals surface area contributed by atoms with Gasteiger partial charge in [0, 0.05) is 24.2 Å². The summed E-state index contributed by atoms with van der Waals surface area (Å²) >= 11 is 6.14. The maximum Gasteiger partial charge on any atom is 0.137 e. The third-order valence-electron chi connectivity index (χ3n) is 3.12. The van der Waals surface area contributed by atoms with Crippen LogP contribution < -0.4 is 4.90 Å². The van der Waals surface area contributed by atoms with Crippen molar-refractivity contribution in [2.24, 2.45) is 0 Å². The van der Waals surface area contributed by atoms with Crippen LogP contribution in [0, 0.1) is 6.92 Å². The Kier molecular flexibility index (Phi) is 4.00. The summed E-state index contributed by atoms with van der Waals surface area (Å²) in [6, 6.07) is 10.1. The first-order valence-corrected chi connectivity index (χ1v) is 7.00. The second kappa shape index (κ2) is 5.41. The Hall–Kier alpha value is -1.61. The highest BCUT2D eigenvalue weighted by molar-refractivity contribution is 6.29. The molecule has 0 radical (unpaired) electrons. The number of hydrogen-bond acceptors (Lipinski definition) is 3. The molecule has 1 heterocycles. The third-order valence-corrected chi connectivity index (χ3v) is 3.31. The van der Waals surface area contributed by atoms with Crippen molar-refractivity contribution in [3.63, 3.8) is 0 Å². The summed E-state index contributed by atoms with van der Waals surface area (Å²) in [5.74, 6) is 1.55. The molecular formula is C16H20ClN3. The fraction of sp³-hybridized carbons (Fsp3) is 0.375. The molecule has 0 aliphatic rings. The van der Waals surface area contributed by atoms with Gasteiger partial charge in [0.05, 0.1) is 0 Å². The molecule has 0 N–H and O–H groups in total. The average molecular weight is 290 g/mol. The lowest BCUT2D eigenvalue weighted by Crippen LogP contribution is -2.19. The van der Waals surface area contributed by atoms with Crippen LogP contribution in [0.4, 0.5) is 11.5 Å². The second-order valence-corrected chi connectivity index (χ2v) is 6.40. The Bertz CT molecular complexity index is 600. The normalized spacial score (nSPS) is 11.5. The van der Waals surface area contributed by atoms with Crippen molar-refractivity contribution < 1.29 is 0 Å². The van der Waals surface area contributed by atoms with E-state index >= 15 is 0 Å². The number of benzene rings is 1. The van der Waals surface area contributed by atoms with Crippen LogP contribution in [0.2, 0.25) is 5.15 Å². The van der Waals surface area contributed by atoms with Crippen LogP contribution >= 0.6 is 11.6 Å². The Morgan fingerprint density at radius 3 is 2.20 bits per heavy atom. The van der Waals surface area contributed by atoms with Crippen LogP contribution in [0.5, 0.6) is 0 Å². The predicted octanol–water partition coefficient (Wildman–Crippen LogP) is 4.50. The maximum absolute atomic E-state index is 6.14. The van der Waals surface area contributed by atoms with E-state index in [1.807, 2.05) is 11.9 Å². The van der Waals surface area contributed by atoms with E-state index < -0.39 is 0 Å². The smallest absolute Gasteiger partial charge is 0.137 e. The first-order chi connectivity index (χ1) is 9.27. The number of nitrogens with zero attached hydrogens (tertiary/aromatic N) is 3. The zero-order valence-electron chi connectivity index (χ0n) is 12.6. The summed E-state index contributed by atoms with van der Waals surface area (Å²) in [6.45, 7) is 8.31. The van der Waals surface area contributed by atoms with E-state index in [4.69, 9.17) is 11.6 Å². The van der Waals surface area contributed by atoms with E-state index in [1.54, 1.807) is 6.07 Å². The predicted molar refractivity (Wildman–Crippen MR) is 85.0 cm³/mol. The minimum atomic E-state index is -0.131. The highest BCUT2D eigenvalue weighted by Crippen LogP contribution is 2.27. The third kappa shape index (κ3) is 3.28. The number of rotatable bonds is 2. The standard InChI is InChI=1S/C16H20ClN3/c1-11-6-8-12(9-7-11)20(5)14-10-13(17)18-15(19-14)16(2,3)4/h6-10H,1-5H3. The minimum absolute atomic E-state index is 0.131. The molecule has 0 bridgehead atoms. The van der Waals surface area contributed by atoms with Gasteiger partial charge in [-0.1, -0.05) is 50.1 Å². The van der Waals surface area contributed by atoms with Gasteiger partial charge in [0.1, 0.15) is 16.8 Å². The van der Waals surface area contributed by atoms with Crippen molar-refractivity contribution in [3.05, 3.63) is 46.9 Å². The molecule has 106 valence electrons. The number of hydrogen-bond donors (Lipinski definition) is 0. The monoisotopic (exact) mass is 289 g/mol. The number of halogens is 1. The van der Waals surface area contributed by atoms with Gasteiger partial charge in [-0.3, -0.25) is 0 Å². The van der Waals surface area contributed by atoms with Crippen molar-refractivity contribution >= 4 is 23.1 Å². The summed E-state index contributed by atoms with van der Waals surface area (Å²) in [4.78, 5) is 11.0. The molecule has 3 nitrogen and oxygen atoms in total. The van der Waals surface area contributed by atoms with Gasteiger partial charge < -0.3 is 4.90 Å². The van der Waals surface area contributed by atoms with Crippen LogP contribution in [0.25, 0.3) is 0 Å². The van der Waals surface area contributed by atoms with Crippen LogP contribution in [-0.2, 0) is 5.41 Å². The van der Waals surface area contributed by atoms with Crippen molar-refractivity contribution in [2.75, 3.05) is 11.9 Å². The molecule has 2 aromatic rings. The summed E-state index contributed by atoms with van der Waals surface area (Å²) in [5, 5.41) is 0.471. The van der Waals surface area contributed by atoms with Crippen molar-refractivity contribution in [1.82, 2.24) is 9.97 Å². The van der Waals surface area contributed by atoms with E-state index in [1.165, 1.54) is 5.56 Å². The van der Waals surface area contributed by atoms with Crippen LogP contribution in [0.1, 0.15) is 32.2 Å². The summed E-state index contributed by atoms with van der Waals surface area (Å²) in [5.41, 5.74) is 2.18. The maximum atomic E-state index is 6.14. The molecule has 1 aromatic carbocycles. The quantitative estimate of drug-likeness (QED) is 0.762. The molecule has 0 aliphatic carbocycles. The Balaban J connectivity index is 2.42. The lowest BCUT2D eigenvalue weighted by molar-refractivity contribution is 0.545. The first-order valence-electron chi connectivity index (χ1n) is 6.63. The fourth-order valence-electron chi connectivity index (χ4n) is 1.81. The van der Waals surface area contributed by atoms with Gasteiger partial charge in [-0.15, -0.1) is 0 Å². The fourth-order valence-corrected chi connectivity index (χ4v) is 1.99. The molecule has 0 spiro atoms. The Morgan fingerprint density at radius 1 is 1.05 bits per heavy atom. The van der Waals surface area contributed by atoms with Gasteiger partial charge in [0.15, 0.2) is 0 Å². The molecule has 20 heavy (non-hydrogen) atoms. The number of aromatic nitrogens is 2. The first kappa shape index (κ1) is 14.8. The van der Waals surface area contributed by atoms with Crippen LogP contribution in [0.3, 0.4) is 0 Å². The topological polar surface area (TPSA) is 29.0 Å². The molecule has 2 rings (SSSR count). The zero-order valence-corrected chi connectivity index (χ0v) is 13.4. The lowest BCUT2D eigenvalue weighted by atomic mass is 9.96. The molecular weight excluding hydrogens is 270 g/mol. The van der Waals surface area contributed by atoms with Gasteiger partial charge in [0.25, 0.3) is 0 Å². The van der Waals surface area contributed by atoms with Crippen molar-refractivity contribution in [3.8, 4) is 0 Å². The van der Waals surface area contributed by atoms with Gasteiger partial charge in [0.2, 0.25) is 0 Å². The molecule has 0 atom stereocenters. The highest BCUT2D eigenvalue weighted by atomic mass is 35.5. The lowest BCUT2D eigenvalue weighted by Gasteiger charge is -2.22. The van der Waals surface area contributed by atoms with Crippen molar-refractivity contribution in [1.29, 1.82) is 0 Å². The molecule has 0 unspecified atom stereocenters. The van der Waals surface area contributed by atoms with E-state index in [9.17, 15) is 0 Å². The molecule has 0 saturated heterocycles. The molecule has 1 aromatic heterocycles. The van der Waals surface area contributed by atoms with Crippen molar-refractivity contribution in [2.45, 2.75) is 33.1 Å².